The first-order valence-electron chi connectivity index (χ1n) is 6.42. The first kappa shape index (κ1) is 12.5. The number of carbonyl (C=O) groups excluding carboxylic acids is 1. The summed E-state index contributed by atoms with van der Waals surface area (Å²) in [5, 5.41) is 5.48. The minimum Gasteiger partial charge on any atom is -0.340 e. The van der Waals surface area contributed by atoms with E-state index in [-0.39, 0.29) is 11.2 Å². The van der Waals surface area contributed by atoms with E-state index in [0.29, 0.717) is 6.04 Å². The van der Waals surface area contributed by atoms with Gasteiger partial charge in [0.1, 0.15) is 5.25 Å². The van der Waals surface area contributed by atoms with Crippen LogP contribution in [0.15, 0.2) is 11.4 Å². The molecule has 3 heterocycles. The summed E-state index contributed by atoms with van der Waals surface area (Å²) in [5.41, 5.74) is 1.26. The Labute approximate surface area is 116 Å². The zero-order chi connectivity index (χ0) is 12.5. The van der Waals surface area contributed by atoms with Crippen molar-refractivity contribution in [2.75, 3.05) is 25.9 Å². The van der Waals surface area contributed by atoms with Crippen LogP contribution in [0.25, 0.3) is 0 Å². The summed E-state index contributed by atoms with van der Waals surface area (Å²) in [6, 6.07) is 2.51. The Kier molecular flexibility index (Phi) is 3.63. The number of likely N-dealkylation sites (N-methyl/N-ethyl adjacent to an activating group) is 1. The monoisotopic (exact) mass is 282 g/mol. The molecule has 1 aromatic heterocycles. The molecule has 1 saturated heterocycles. The van der Waals surface area contributed by atoms with E-state index in [0.717, 1.165) is 31.7 Å². The SMILES string of the molecule is CN(C(=O)C1SCCc2sccc21)C1CCNC1. The van der Waals surface area contributed by atoms with Crippen LogP contribution in [-0.2, 0) is 11.2 Å². The first-order chi connectivity index (χ1) is 8.77. The van der Waals surface area contributed by atoms with Crippen molar-refractivity contribution < 1.29 is 4.79 Å². The van der Waals surface area contributed by atoms with Crippen molar-refractivity contribution >= 4 is 29.0 Å². The summed E-state index contributed by atoms with van der Waals surface area (Å²) in [7, 11) is 1.96. The smallest absolute Gasteiger partial charge is 0.240 e. The molecule has 0 spiro atoms. The molecule has 0 radical (unpaired) electrons. The average molecular weight is 282 g/mol. The van der Waals surface area contributed by atoms with Crippen LogP contribution in [-0.4, -0.2) is 42.7 Å². The van der Waals surface area contributed by atoms with Gasteiger partial charge in [-0.25, -0.2) is 0 Å². The number of nitrogens with one attached hydrogen (secondary N) is 1. The Morgan fingerprint density at radius 1 is 1.56 bits per heavy atom. The van der Waals surface area contributed by atoms with Gasteiger partial charge >= 0.3 is 0 Å². The normalized spacial score (nSPS) is 26.9. The lowest BCUT2D eigenvalue weighted by Crippen LogP contribution is -2.41. The van der Waals surface area contributed by atoms with Crippen molar-refractivity contribution in [2.24, 2.45) is 0 Å². The summed E-state index contributed by atoms with van der Waals surface area (Å²) in [4.78, 5) is 16.0. The molecule has 3 nitrogen and oxygen atoms in total. The maximum atomic E-state index is 12.6. The second-order valence-corrected chi connectivity index (χ2v) is 7.11. The van der Waals surface area contributed by atoms with Crippen LogP contribution in [0.1, 0.15) is 22.1 Å². The van der Waals surface area contributed by atoms with E-state index in [4.69, 9.17) is 0 Å². The van der Waals surface area contributed by atoms with Crippen LogP contribution in [0, 0.1) is 0 Å². The molecular weight excluding hydrogens is 264 g/mol. The first-order valence-corrected chi connectivity index (χ1v) is 8.35. The van der Waals surface area contributed by atoms with Crippen LogP contribution in [0.2, 0.25) is 0 Å². The minimum atomic E-state index is 0.0330. The fourth-order valence-electron chi connectivity index (χ4n) is 2.69. The standard InChI is InChI=1S/C13H18N2OS2/c1-15(9-2-5-14-8-9)13(16)12-10-3-6-17-11(10)4-7-18-12/h3,6,9,12,14H,2,4-5,7-8H2,1H3. The molecule has 1 fully saturated rings. The van der Waals surface area contributed by atoms with Gasteiger partial charge in [-0.05, 0) is 42.1 Å². The van der Waals surface area contributed by atoms with Gasteiger partial charge in [0.25, 0.3) is 0 Å². The molecule has 18 heavy (non-hydrogen) atoms. The summed E-state index contributed by atoms with van der Waals surface area (Å²) >= 11 is 3.59. The third-order valence-corrected chi connectivity index (χ3v) is 6.06. The Hall–Kier alpha value is -0.520. The minimum absolute atomic E-state index is 0.0330. The van der Waals surface area contributed by atoms with Gasteiger partial charge in [-0.3, -0.25) is 4.79 Å². The van der Waals surface area contributed by atoms with Gasteiger partial charge in [-0.1, -0.05) is 0 Å². The molecule has 3 rings (SSSR count). The van der Waals surface area contributed by atoms with E-state index in [1.54, 1.807) is 23.1 Å². The molecule has 2 aliphatic heterocycles. The van der Waals surface area contributed by atoms with Crippen molar-refractivity contribution in [2.45, 2.75) is 24.1 Å². The fourth-order valence-corrected chi connectivity index (χ4v) is 5.08. The summed E-state index contributed by atoms with van der Waals surface area (Å²) in [6.45, 7) is 1.97. The van der Waals surface area contributed by atoms with Gasteiger partial charge in [-0.15, -0.1) is 23.1 Å². The van der Waals surface area contributed by atoms with Crippen LogP contribution in [0.5, 0.6) is 0 Å². The number of thiophene rings is 1. The van der Waals surface area contributed by atoms with Crippen LogP contribution in [0.3, 0.4) is 0 Å². The zero-order valence-corrected chi connectivity index (χ0v) is 12.1. The molecule has 2 unspecified atom stereocenters. The van der Waals surface area contributed by atoms with Crippen molar-refractivity contribution in [3.05, 3.63) is 21.9 Å². The van der Waals surface area contributed by atoms with E-state index in [2.05, 4.69) is 16.8 Å². The van der Waals surface area contributed by atoms with E-state index >= 15 is 0 Å². The number of hydrogen-bond acceptors (Lipinski definition) is 4. The van der Waals surface area contributed by atoms with Gasteiger partial charge in [0, 0.05) is 24.5 Å². The maximum Gasteiger partial charge on any atom is 0.240 e. The van der Waals surface area contributed by atoms with Gasteiger partial charge < -0.3 is 10.2 Å². The highest BCUT2D eigenvalue weighted by molar-refractivity contribution is 8.00. The molecule has 5 heteroatoms. The zero-order valence-electron chi connectivity index (χ0n) is 10.5. The number of thioether (sulfide) groups is 1. The van der Waals surface area contributed by atoms with E-state index in [9.17, 15) is 4.79 Å². The van der Waals surface area contributed by atoms with Crippen LogP contribution < -0.4 is 5.32 Å². The molecule has 1 N–H and O–H groups in total. The lowest BCUT2D eigenvalue weighted by molar-refractivity contribution is -0.131. The Morgan fingerprint density at radius 3 is 3.22 bits per heavy atom. The van der Waals surface area contributed by atoms with Gasteiger partial charge in [0.15, 0.2) is 0 Å². The number of rotatable bonds is 2. The van der Waals surface area contributed by atoms with E-state index < -0.39 is 0 Å². The molecule has 0 aliphatic carbocycles. The molecular formula is C13H18N2OS2. The highest BCUT2D eigenvalue weighted by Gasteiger charge is 2.33. The number of carbonyl (C=O) groups is 1. The Balaban J connectivity index is 1.77. The number of nitrogens with zero attached hydrogens (tertiary/aromatic N) is 1. The second-order valence-electron chi connectivity index (χ2n) is 4.90. The molecule has 2 atom stereocenters. The molecule has 0 bridgehead atoms. The van der Waals surface area contributed by atoms with E-state index in [1.807, 2.05) is 11.9 Å². The number of amides is 1. The lowest BCUT2D eigenvalue weighted by atomic mass is 10.1. The molecule has 0 saturated carbocycles. The number of hydrogen-bond donors (Lipinski definition) is 1. The largest absolute Gasteiger partial charge is 0.340 e. The summed E-state index contributed by atoms with van der Waals surface area (Å²) < 4.78 is 0. The van der Waals surface area contributed by atoms with Crippen molar-refractivity contribution in [3.8, 4) is 0 Å². The predicted octanol–water partition coefficient (Wildman–Crippen LogP) is 1.90. The molecule has 98 valence electrons. The van der Waals surface area contributed by atoms with E-state index in [1.165, 1.54) is 10.4 Å². The predicted molar refractivity (Wildman–Crippen MR) is 77.3 cm³/mol. The highest BCUT2D eigenvalue weighted by Crippen LogP contribution is 2.40. The Bertz CT molecular complexity index is 440. The third-order valence-electron chi connectivity index (χ3n) is 3.83. The van der Waals surface area contributed by atoms with Gasteiger partial charge in [-0.2, -0.15) is 0 Å². The van der Waals surface area contributed by atoms with Crippen molar-refractivity contribution in [3.63, 3.8) is 0 Å². The summed E-state index contributed by atoms with van der Waals surface area (Å²) in [5.74, 6) is 1.36. The molecule has 1 amide bonds. The van der Waals surface area contributed by atoms with Crippen LogP contribution >= 0.6 is 23.1 Å². The quantitative estimate of drug-likeness (QED) is 0.899. The van der Waals surface area contributed by atoms with Crippen LogP contribution in [0.4, 0.5) is 0 Å². The highest BCUT2D eigenvalue weighted by atomic mass is 32.2. The third kappa shape index (κ3) is 2.19. The molecule has 1 aromatic rings. The molecule has 0 aromatic carbocycles. The molecule has 2 aliphatic rings. The van der Waals surface area contributed by atoms with Gasteiger partial charge in [0.05, 0.1) is 0 Å². The number of fused-ring (bicyclic) bond motifs is 1. The lowest BCUT2D eigenvalue weighted by Gasteiger charge is -2.30. The fraction of sp³-hybridized carbons (Fsp3) is 0.615. The average Bonchev–Trinajstić information content (AvgIpc) is 3.06. The van der Waals surface area contributed by atoms with Gasteiger partial charge in [0.2, 0.25) is 5.91 Å². The van der Waals surface area contributed by atoms with Crippen molar-refractivity contribution in [1.82, 2.24) is 10.2 Å². The Morgan fingerprint density at radius 2 is 2.44 bits per heavy atom. The maximum absolute atomic E-state index is 12.6. The second kappa shape index (κ2) is 5.23. The van der Waals surface area contributed by atoms with Crippen molar-refractivity contribution in [1.29, 1.82) is 0 Å². The summed E-state index contributed by atoms with van der Waals surface area (Å²) in [6.07, 6.45) is 2.20. The topological polar surface area (TPSA) is 32.3 Å². The number of aryl methyl sites for hydroxylation is 1.